The number of carbonyl (C=O) groups is 1. The number of anilines is 1. The van der Waals surface area contributed by atoms with Crippen LogP contribution < -0.4 is 9.64 Å². The summed E-state index contributed by atoms with van der Waals surface area (Å²) < 4.78 is 12.9. The maximum absolute atomic E-state index is 13.2. The van der Waals surface area contributed by atoms with Gasteiger partial charge in [0.05, 0.1) is 24.6 Å². The summed E-state index contributed by atoms with van der Waals surface area (Å²) >= 11 is 0. The van der Waals surface area contributed by atoms with E-state index in [2.05, 4.69) is 10.1 Å². The average Bonchev–Trinajstić information content (AvgIpc) is 3.25. The van der Waals surface area contributed by atoms with Gasteiger partial charge in [0, 0.05) is 19.8 Å². The number of methoxy groups -OCH3 is 1. The van der Waals surface area contributed by atoms with Crippen molar-refractivity contribution in [2.24, 2.45) is 7.05 Å². The zero-order valence-electron chi connectivity index (χ0n) is 15.0. The Morgan fingerprint density at radius 2 is 2.19 bits per heavy atom. The number of rotatable bonds is 3. The van der Waals surface area contributed by atoms with Crippen molar-refractivity contribution >= 4 is 11.6 Å². The second-order valence-electron chi connectivity index (χ2n) is 6.35. The number of para-hydroxylation sites is 1. The molecule has 3 heterocycles. The molecule has 1 aromatic carbocycles. The zero-order chi connectivity index (χ0) is 18.3. The van der Waals surface area contributed by atoms with Crippen molar-refractivity contribution < 1.29 is 13.9 Å². The SMILES string of the molecule is COc1cccc2c1N(C(=O)c1nc(-c3cnn(C)c3)oc1C)CCC2. The van der Waals surface area contributed by atoms with E-state index < -0.39 is 0 Å². The minimum atomic E-state index is -0.174. The van der Waals surface area contributed by atoms with Gasteiger partial charge in [-0.25, -0.2) is 4.98 Å². The predicted octanol–water partition coefficient (Wildman–Crippen LogP) is 2.99. The number of hydrogen-bond donors (Lipinski definition) is 0. The molecule has 0 fully saturated rings. The summed E-state index contributed by atoms with van der Waals surface area (Å²) in [4.78, 5) is 19.4. The second-order valence-corrected chi connectivity index (χ2v) is 6.35. The van der Waals surface area contributed by atoms with Gasteiger partial charge in [-0.1, -0.05) is 12.1 Å². The third-order valence-electron chi connectivity index (χ3n) is 4.60. The van der Waals surface area contributed by atoms with Gasteiger partial charge in [-0.05, 0) is 31.4 Å². The molecule has 0 spiro atoms. The Morgan fingerprint density at radius 1 is 1.35 bits per heavy atom. The molecule has 26 heavy (non-hydrogen) atoms. The van der Waals surface area contributed by atoms with E-state index in [0.717, 1.165) is 29.7 Å². The predicted molar refractivity (Wildman–Crippen MR) is 96.4 cm³/mol. The lowest BCUT2D eigenvalue weighted by molar-refractivity contribution is 0.0978. The third-order valence-corrected chi connectivity index (χ3v) is 4.60. The second kappa shape index (κ2) is 6.33. The van der Waals surface area contributed by atoms with Crippen molar-refractivity contribution in [2.45, 2.75) is 19.8 Å². The van der Waals surface area contributed by atoms with Crippen LogP contribution in [0.4, 0.5) is 5.69 Å². The van der Waals surface area contributed by atoms with Crippen molar-refractivity contribution in [3.63, 3.8) is 0 Å². The number of nitrogens with zero attached hydrogens (tertiary/aromatic N) is 4. The van der Waals surface area contributed by atoms with Crippen LogP contribution in [0.5, 0.6) is 5.75 Å². The molecule has 0 bridgehead atoms. The van der Waals surface area contributed by atoms with Gasteiger partial charge >= 0.3 is 0 Å². The Hall–Kier alpha value is -3.09. The van der Waals surface area contributed by atoms with E-state index in [-0.39, 0.29) is 5.91 Å². The van der Waals surface area contributed by atoms with Gasteiger partial charge < -0.3 is 14.1 Å². The van der Waals surface area contributed by atoms with Crippen molar-refractivity contribution in [3.8, 4) is 17.2 Å². The standard InChI is InChI=1S/C19H20N4O3/c1-12-16(21-18(26-12)14-10-20-22(2)11-14)19(24)23-9-5-7-13-6-4-8-15(25-3)17(13)23/h4,6,8,10-11H,5,7,9H2,1-3H3. The lowest BCUT2D eigenvalue weighted by Gasteiger charge is -2.30. The normalized spacial score (nSPS) is 13.6. The Kier molecular flexibility index (Phi) is 3.99. The fraction of sp³-hybridized carbons (Fsp3) is 0.316. The highest BCUT2D eigenvalue weighted by Crippen LogP contribution is 2.37. The Morgan fingerprint density at radius 3 is 2.92 bits per heavy atom. The first-order valence-corrected chi connectivity index (χ1v) is 8.52. The highest BCUT2D eigenvalue weighted by molar-refractivity contribution is 6.07. The summed E-state index contributed by atoms with van der Waals surface area (Å²) in [5.74, 6) is 1.42. The van der Waals surface area contributed by atoms with E-state index in [1.54, 1.807) is 36.0 Å². The maximum Gasteiger partial charge on any atom is 0.280 e. The molecule has 1 aliphatic heterocycles. The number of oxazole rings is 1. The van der Waals surface area contributed by atoms with Crippen LogP contribution in [0.1, 0.15) is 28.2 Å². The molecule has 0 atom stereocenters. The number of hydrogen-bond acceptors (Lipinski definition) is 5. The number of carbonyl (C=O) groups excluding carboxylic acids is 1. The molecule has 3 aromatic rings. The van der Waals surface area contributed by atoms with Gasteiger partial charge in [0.2, 0.25) is 5.89 Å². The Bertz CT molecular complexity index is 959. The molecule has 1 aliphatic rings. The van der Waals surface area contributed by atoms with Gasteiger partial charge in [-0.3, -0.25) is 9.48 Å². The van der Waals surface area contributed by atoms with E-state index in [4.69, 9.17) is 9.15 Å². The van der Waals surface area contributed by atoms with Crippen LogP contribution in [-0.2, 0) is 13.5 Å². The molecular weight excluding hydrogens is 332 g/mol. The van der Waals surface area contributed by atoms with E-state index in [9.17, 15) is 4.79 Å². The summed E-state index contributed by atoms with van der Waals surface area (Å²) in [5.41, 5.74) is 3.00. The first-order chi connectivity index (χ1) is 12.6. The molecule has 0 saturated heterocycles. The lowest BCUT2D eigenvalue weighted by Crippen LogP contribution is -2.36. The lowest BCUT2D eigenvalue weighted by atomic mass is 10.0. The molecule has 134 valence electrons. The number of amides is 1. The molecule has 0 N–H and O–H groups in total. The topological polar surface area (TPSA) is 73.4 Å². The number of aromatic nitrogens is 3. The molecule has 7 nitrogen and oxygen atoms in total. The molecule has 0 unspecified atom stereocenters. The maximum atomic E-state index is 13.2. The number of aryl methyl sites for hydroxylation is 3. The third kappa shape index (κ3) is 2.65. The smallest absolute Gasteiger partial charge is 0.280 e. The zero-order valence-corrected chi connectivity index (χ0v) is 15.0. The van der Waals surface area contributed by atoms with Gasteiger partial charge in [0.1, 0.15) is 11.5 Å². The molecule has 2 aromatic heterocycles. The first kappa shape index (κ1) is 16.4. The molecule has 4 rings (SSSR count). The molecule has 0 aliphatic carbocycles. The summed E-state index contributed by atoms with van der Waals surface area (Å²) in [7, 11) is 3.44. The van der Waals surface area contributed by atoms with E-state index in [1.807, 2.05) is 25.2 Å². The van der Waals surface area contributed by atoms with Crippen molar-refractivity contribution in [1.29, 1.82) is 0 Å². The molecule has 0 radical (unpaired) electrons. The quantitative estimate of drug-likeness (QED) is 0.724. The Balaban J connectivity index is 1.73. The van der Waals surface area contributed by atoms with Gasteiger partial charge in [0.25, 0.3) is 5.91 Å². The highest BCUT2D eigenvalue weighted by atomic mass is 16.5. The van der Waals surface area contributed by atoms with Crippen LogP contribution in [0.3, 0.4) is 0 Å². The van der Waals surface area contributed by atoms with Crippen LogP contribution in [0.25, 0.3) is 11.5 Å². The minimum absolute atomic E-state index is 0.174. The van der Waals surface area contributed by atoms with Crippen molar-refractivity contribution in [2.75, 3.05) is 18.6 Å². The highest BCUT2D eigenvalue weighted by Gasteiger charge is 2.30. The van der Waals surface area contributed by atoms with Crippen LogP contribution >= 0.6 is 0 Å². The molecule has 0 saturated carbocycles. The van der Waals surface area contributed by atoms with Gasteiger partial charge in [0.15, 0.2) is 5.69 Å². The van der Waals surface area contributed by atoms with E-state index in [1.165, 1.54) is 0 Å². The van der Waals surface area contributed by atoms with Crippen LogP contribution in [0.15, 0.2) is 35.0 Å². The van der Waals surface area contributed by atoms with Crippen LogP contribution in [0.2, 0.25) is 0 Å². The summed E-state index contributed by atoms with van der Waals surface area (Å²) in [6.07, 6.45) is 5.30. The van der Waals surface area contributed by atoms with Gasteiger partial charge in [-0.2, -0.15) is 5.10 Å². The minimum Gasteiger partial charge on any atom is -0.495 e. The van der Waals surface area contributed by atoms with Crippen LogP contribution in [0, 0.1) is 6.92 Å². The summed E-state index contributed by atoms with van der Waals surface area (Å²) in [5, 5.41) is 4.12. The van der Waals surface area contributed by atoms with Crippen molar-refractivity contribution in [1.82, 2.24) is 14.8 Å². The molecule has 7 heteroatoms. The fourth-order valence-electron chi connectivity index (χ4n) is 3.36. The van der Waals surface area contributed by atoms with Crippen molar-refractivity contribution in [3.05, 3.63) is 47.6 Å². The van der Waals surface area contributed by atoms with E-state index in [0.29, 0.717) is 29.6 Å². The monoisotopic (exact) mass is 352 g/mol. The largest absolute Gasteiger partial charge is 0.495 e. The van der Waals surface area contributed by atoms with E-state index >= 15 is 0 Å². The number of ether oxygens (including phenoxy) is 1. The molecular formula is C19H20N4O3. The number of fused-ring (bicyclic) bond motifs is 1. The Labute approximate surface area is 151 Å². The van der Waals surface area contributed by atoms with Gasteiger partial charge in [-0.15, -0.1) is 0 Å². The molecule has 1 amide bonds. The number of benzene rings is 1. The summed E-state index contributed by atoms with van der Waals surface area (Å²) in [6, 6.07) is 5.86. The first-order valence-electron chi connectivity index (χ1n) is 8.52. The summed E-state index contributed by atoms with van der Waals surface area (Å²) in [6.45, 7) is 2.38. The van der Waals surface area contributed by atoms with Crippen LogP contribution in [-0.4, -0.2) is 34.3 Å². The fourth-order valence-corrected chi connectivity index (χ4v) is 3.36. The average molecular weight is 352 g/mol.